The fourth-order valence-corrected chi connectivity index (χ4v) is 5.01. The molecule has 2 aromatic heterocycles. The van der Waals surface area contributed by atoms with Gasteiger partial charge in [0.05, 0.1) is 16.7 Å². The molecule has 1 N–H and O–H groups in total. The van der Waals surface area contributed by atoms with Gasteiger partial charge in [0.15, 0.2) is 5.16 Å². The Kier molecular flexibility index (Phi) is 7.26. The smallest absolute Gasteiger partial charge is 0.263 e. The molecule has 0 radical (unpaired) electrons. The van der Waals surface area contributed by atoms with E-state index < -0.39 is 0 Å². The summed E-state index contributed by atoms with van der Waals surface area (Å²) in [6.07, 6.45) is 5.54. The monoisotopic (exact) mass is 454 g/mol. The van der Waals surface area contributed by atoms with Crippen LogP contribution in [-0.4, -0.2) is 61.9 Å². The van der Waals surface area contributed by atoms with Gasteiger partial charge in [-0.2, -0.15) is 0 Å². The quantitative estimate of drug-likeness (QED) is 0.395. The molecule has 32 heavy (non-hydrogen) atoms. The summed E-state index contributed by atoms with van der Waals surface area (Å²) in [5, 5.41) is 12.7. The van der Waals surface area contributed by atoms with Crippen molar-refractivity contribution >= 4 is 34.3 Å². The van der Waals surface area contributed by atoms with E-state index in [0.29, 0.717) is 35.3 Å². The zero-order valence-corrected chi connectivity index (χ0v) is 19.3. The molecule has 0 saturated carbocycles. The summed E-state index contributed by atoms with van der Waals surface area (Å²) in [6, 6.07) is 7.38. The first-order valence-electron chi connectivity index (χ1n) is 11.2. The van der Waals surface area contributed by atoms with Crippen molar-refractivity contribution in [3.63, 3.8) is 0 Å². The molecule has 3 aromatic rings. The first-order chi connectivity index (χ1) is 15.6. The molecular formula is C23H30N6O2S. The average molecular weight is 455 g/mol. The van der Waals surface area contributed by atoms with Gasteiger partial charge in [0.1, 0.15) is 0 Å². The highest BCUT2D eigenvalue weighted by Crippen LogP contribution is 2.21. The van der Waals surface area contributed by atoms with Gasteiger partial charge in [0.25, 0.3) is 5.56 Å². The van der Waals surface area contributed by atoms with Crippen molar-refractivity contribution < 1.29 is 4.79 Å². The third-order valence-corrected chi connectivity index (χ3v) is 6.72. The number of aromatic nitrogens is 4. The van der Waals surface area contributed by atoms with Crippen LogP contribution in [0.15, 0.2) is 46.9 Å². The van der Waals surface area contributed by atoms with Crippen molar-refractivity contribution in [2.75, 3.05) is 31.9 Å². The standard InChI is InChI=1S/C23H30N6O2S/c1-3-11-28-21(31)18-9-5-6-10-19(18)29-22(28)25-26-23(29)32-16-20(30)24-14-17(2)15-27-12-7-4-8-13-27/h3,5-6,9-10,17H,1,4,7-8,11-16H2,2H3,(H,24,30). The number of likely N-dealkylation sites (tertiary alicyclic amines) is 1. The zero-order valence-electron chi connectivity index (χ0n) is 18.5. The number of amides is 1. The molecule has 0 aliphatic carbocycles. The van der Waals surface area contributed by atoms with Crippen LogP contribution in [0.4, 0.5) is 0 Å². The summed E-state index contributed by atoms with van der Waals surface area (Å²) < 4.78 is 3.39. The van der Waals surface area contributed by atoms with E-state index in [1.54, 1.807) is 16.7 Å². The number of hydrogen-bond donors (Lipinski definition) is 1. The molecule has 1 fully saturated rings. The van der Waals surface area contributed by atoms with E-state index in [-0.39, 0.29) is 17.2 Å². The number of rotatable bonds is 9. The van der Waals surface area contributed by atoms with Gasteiger partial charge in [-0.15, -0.1) is 16.8 Å². The number of benzene rings is 1. The largest absolute Gasteiger partial charge is 0.355 e. The second kappa shape index (κ2) is 10.3. The summed E-state index contributed by atoms with van der Waals surface area (Å²) in [7, 11) is 0. The molecule has 1 aromatic carbocycles. The highest BCUT2D eigenvalue weighted by molar-refractivity contribution is 7.99. The molecule has 0 bridgehead atoms. The lowest BCUT2D eigenvalue weighted by molar-refractivity contribution is -0.118. The number of nitrogens with one attached hydrogen (secondary N) is 1. The normalized spacial score (nSPS) is 15.8. The third-order valence-electron chi connectivity index (χ3n) is 5.79. The Morgan fingerprint density at radius 1 is 1.25 bits per heavy atom. The van der Waals surface area contributed by atoms with Crippen molar-refractivity contribution in [3.8, 4) is 0 Å². The van der Waals surface area contributed by atoms with E-state index in [1.807, 2.05) is 22.6 Å². The molecule has 1 unspecified atom stereocenters. The van der Waals surface area contributed by atoms with E-state index in [9.17, 15) is 9.59 Å². The number of nitrogens with zero attached hydrogens (tertiary/aromatic N) is 5. The summed E-state index contributed by atoms with van der Waals surface area (Å²) in [4.78, 5) is 27.8. The molecular weight excluding hydrogens is 424 g/mol. The van der Waals surface area contributed by atoms with Crippen LogP contribution in [0.3, 0.4) is 0 Å². The van der Waals surface area contributed by atoms with Crippen molar-refractivity contribution in [3.05, 3.63) is 47.3 Å². The van der Waals surface area contributed by atoms with Crippen LogP contribution < -0.4 is 10.9 Å². The topological polar surface area (TPSA) is 84.5 Å². The minimum atomic E-state index is -0.127. The fraction of sp³-hybridized carbons (Fsp3) is 0.478. The number of allylic oxidation sites excluding steroid dienone is 1. The molecule has 1 aliphatic rings. The number of carbonyl (C=O) groups is 1. The van der Waals surface area contributed by atoms with Crippen LogP contribution in [0.2, 0.25) is 0 Å². The molecule has 8 nitrogen and oxygen atoms in total. The van der Waals surface area contributed by atoms with Gasteiger partial charge in [-0.3, -0.25) is 18.6 Å². The van der Waals surface area contributed by atoms with Crippen molar-refractivity contribution in [2.24, 2.45) is 5.92 Å². The highest BCUT2D eigenvalue weighted by Gasteiger charge is 2.18. The third kappa shape index (κ3) is 4.88. The maximum atomic E-state index is 12.9. The van der Waals surface area contributed by atoms with Gasteiger partial charge >= 0.3 is 0 Å². The second-order valence-corrected chi connectivity index (χ2v) is 9.34. The Morgan fingerprint density at radius 3 is 2.81 bits per heavy atom. The first kappa shape index (κ1) is 22.5. The number of hydrogen-bond acceptors (Lipinski definition) is 6. The van der Waals surface area contributed by atoms with Crippen molar-refractivity contribution in [2.45, 2.75) is 37.9 Å². The van der Waals surface area contributed by atoms with Crippen LogP contribution in [0.25, 0.3) is 16.7 Å². The molecule has 1 saturated heterocycles. The molecule has 170 valence electrons. The highest BCUT2D eigenvalue weighted by atomic mass is 32.2. The Balaban J connectivity index is 1.43. The van der Waals surface area contributed by atoms with Crippen LogP contribution in [0, 0.1) is 5.92 Å². The molecule has 9 heteroatoms. The summed E-state index contributed by atoms with van der Waals surface area (Å²) >= 11 is 1.33. The van der Waals surface area contributed by atoms with Crippen LogP contribution in [-0.2, 0) is 11.3 Å². The van der Waals surface area contributed by atoms with E-state index in [4.69, 9.17) is 0 Å². The van der Waals surface area contributed by atoms with Crippen LogP contribution >= 0.6 is 11.8 Å². The van der Waals surface area contributed by atoms with Crippen LogP contribution in [0.5, 0.6) is 0 Å². The molecule has 1 atom stereocenters. The lowest BCUT2D eigenvalue weighted by atomic mass is 10.1. The summed E-state index contributed by atoms with van der Waals surface area (Å²) in [6.45, 7) is 10.3. The lowest BCUT2D eigenvalue weighted by Gasteiger charge is -2.29. The SMILES string of the molecule is C=CCn1c(=O)c2ccccc2n2c(SCC(=O)NCC(C)CN3CCCCC3)nnc12. The molecule has 1 amide bonds. The maximum Gasteiger partial charge on any atom is 0.263 e. The summed E-state index contributed by atoms with van der Waals surface area (Å²) in [5.41, 5.74) is 0.605. The number of para-hydroxylation sites is 1. The van der Waals surface area contributed by atoms with E-state index in [2.05, 4.69) is 33.9 Å². The molecule has 1 aliphatic heterocycles. The van der Waals surface area contributed by atoms with Gasteiger partial charge in [-0.25, -0.2) is 0 Å². The predicted octanol–water partition coefficient (Wildman–Crippen LogP) is 2.56. The fourth-order valence-electron chi connectivity index (χ4n) is 4.24. The predicted molar refractivity (Wildman–Crippen MR) is 128 cm³/mol. The van der Waals surface area contributed by atoms with Crippen molar-refractivity contribution in [1.82, 2.24) is 29.4 Å². The van der Waals surface area contributed by atoms with Crippen LogP contribution in [0.1, 0.15) is 26.2 Å². The van der Waals surface area contributed by atoms with E-state index in [1.165, 1.54) is 44.1 Å². The van der Waals surface area contributed by atoms with Gasteiger partial charge in [-0.05, 0) is 44.0 Å². The summed E-state index contributed by atoms with van der Waals surface area (Å²) in [5.74, 6) is 1.08. The van der Waals surface area contributed by atoms with Gasteiger partial charge in [0.2, 0.25) is 11.7 Å². The van der Waals surface area contributed by atoms with E-state index >= 15 is 0 Å². The Labute approximate surface area is 191 Å². The van der Waals surface area contributed by atoms with Gasteiger partial charge < -0.3 is 10.2 Å². The maximum absolute atomic E-state index is 12.9. The van der Waals surface area contributed by atoms with E-state index in [0.717, 1.165) is 12.1 Å². The Bertz CT molecular complexity index is 1160. The number of thioether (sulfide) groups is 1. The second-order valence-electron chi connectivity index (χ2n) is 8.40. The number of piperidine rings is 1. The molecule has 4 rings (SSSR count). The Hall–Kier alpha value is -2.65. The minimum Gasteiger partial charge on any atom is -0.355 e. The molecule has 0 spiro atoms. The van der Waals surface area contributed by atoms with Gasteiger partial charge in [0, 0.05) is 19.6 Å². The van der Waals surface area contributed by atoms with Crippen molar-refractivity contribution in [1.29, 1.82) is 0 Å². The lowest BCUT2D eigenvalue weighted by Crippen LogP contribution is -2.38. The zero-order chi connectivity index (χ0) is 22.5. The number of fused-ring (bicyclic) bond motifs is 3. The molecule has 3 heterocycles. The minimum absolute atomic E-state index is 0.0269. The average Bonchev–Trinajstić information content (AvgIpc) is 3.24. The Morgan fingerprint density at radius 2 is 2.03 bits per heavy atom. The number of carbonyl (C=O) groups excluding carboxylic acids is 1. The van der Waals surface area contributed by atoms with Gasteiger partial charge in [-0.1, -0.05) is 43.3 Å². The first-order valence-corrected chi connectivity index (χ1v) is 12.2.